The van der Waals surface area contributed by atoms with Crippen LogP contribution in [0.25, 0.3) is 33.2 Å². The van der Waals surface area contributed by atoms with Gasteiger partial charge in [-0.05, 0) is 18.2 Å². The molecule has 0 atom stereocenters. The Kier molecular flexibility index (Phi) is 1.42. The number of hydrogen-bond donors (Lipinski definition) is 1. The predicted octanol–water partition coefficient (Wildman–Crippen LogP) is 3.82. The smallest absolute Gasteiger partial charge is 0.0885 e. The average Bonchev–Trinajstić information content (AvgIpc) is 2.75. The molecule has 2 aliphatic rings. The molecule has 0 amide bonds. The number of rotatable bonds is 0. The van der Waals surface area contributed by atoms with Crippen molar-refractivity contribution in [3.05, 3.63) is 54.6 Å². The average molecular weight is 219 g/mol. The minimum Gasteiger partial charge on any atom is -0.353 e. The number of H-pyrrole nitrogens is 1. The van der Waals surface area contributed by atoms with Crippen molar-refractivity contribution >= 4 is 21.8 Å². The molecule has 17 heavy (non-hydrogen) atoms. The molecule has 0 spiro atoms. The topological polar surface area (TPSA) is 28.7 Å². The van der Waals surface area contributed by atoms with Crippen LogP contribution in [0, 0.1) is 0 Å². The van der Waals surface area contributed by atoms with Gasteiger partial charge in [-0.2, -0.15) is 0 Å². The Labute approximate surface area is 99.7 Å². The predicted molar refractivity (Wildman–Crippen MR) is 70.2 cm³/mol. The molecule has 0 saturated carbocycles. The van der Waals surface area contributed by atoms with Crippen LogP contribution in [0.2, 0.25) is 0 Å². The quantitative estimate of drug-likeness (QED) is 0.478. The molecule has 2 aromatic carbocycles. The molecule has 2 aliphatic heterocycles. The van der Waals surface area contributed by atoms with Gasteiger partial charge in [0.1, 0.15) is 0 Å². The monoisotopic (exact) mass is 219 g/mol. The second-order valence-electron chi connectivity index (χ2n) is 4.16. The highest BCUT2D eigenvalue weighted by Gasteiger charge is 2.12. The van der Waals surface area contributed by atoms with E-state index in [1.54, 1.807) is 6.07 Å². The Hall–Kier alpha value is -2.35. The number of nitrogens with zero attached hydrogens (tertiary/aromatic N) is 1. The van der Waals surface area contributed by atoms with E-state index in [2.05, 4.69) is 16.0 Å². The Morgan fingerprint density at radius 1 is 1.06 bits per heavy atom. The van der Waals surface area contributed by atoms with Gasteiger partial charge in [0, 0.05) is 16.3 Å². The molecule has 0 bridgehead atoms. The van der Waals surface area contributed by atoms with E-state index in [1.807, 2.05) is 36.4 Å². The Morgan fingerprint density at radius 3 is 2.94 bits per heavy atom. The van der Waals surface area contributed by atoms with Crippen LogP contribution in [-0.4, -0.2) is 9.97 Å². The standard InChI is InChI=1S/C15H10N2/c1-3-7-12-10(5-1)9-14-15(17-12)11-6-2-4-8-13(11)16-14/h1-9,17H/i5D. The van der Waals surface area contributed by atoms with E-state index >= 15 is 0 Å². The second-order valence-corrected chi connectivity index (χ2v) is 4.16. The summed E-state index contributed by atoms with van der Waals surface area (Å²) >= 11 is 0. The summed E-state index contributed by atoms with van der Waals surface area (Å²) in [5, 5.41) is 2.04. The Bertz CT molecular complexity index is 848. The normalized spacial score (nSPS) is 12.4. The highest BCUT2D eigenvalue weighted by atomic mass is 14.8. The van der Waals surface area contributed by atoms with E-state index < -0.39 is 0 Å². The fraction of sp³-hybridized carbons (Fsp3) is 0. The van der Waals surface area contributed by atoms with Gasteiger partial charge in [-0.3, -0.25) is 0 Å². The summed E-state index contributed by atoms with van der Waals surface area (Å²) in [6.45, 7) is 0. The molecule has 0 aromatic heterocycles. The lowest BCUT2D eigenvalue weighted by Gasteiger charge is -2.03. The van der Waals surface area contributed by atoms with Gasteiger partial charge in [-0.1, -0.05) is 36.4 Å². The number of aromatic amines is 1. The van der Waals surface area contributed by atoms with Gasteiger partial charge >= 0.3 is 0 Å². The first-order chi connectivity index (χ1) is 8.83. The molecule has 0 aliphatic carbocycles. The van der Waals surface area contributed by atoms with Crippen molar-refractivity contribution in [3.8, 4) is 11.4 Å². The number of fused-ring (bicyclic) bond motifs is 4. The lowest BCUT2D eigenvalue weighted by atomic mass is 10.1. The van der Waals surface area contributed by atoms with Crippen molar-refractivity contribution in [2.24, 2.45) is 0 Å². The zero-order valence-corrected chi connectivity index (χ0v) is 9.07. The maximum atomic E-state index is 7.93. The first-order valence-electron chi connectivity index (χ1n) is 6.10. The lowest BCUT2D eigenvalue weighted by molar-refractivity contribution is 1.37. The van der Waals surface area contributed by atoms with Gasteiger partial charge in [0.05, 0.1) is 18.3 Å². The van der Waals surface area contributed by atoms with Crippen LogP contribution < -0.4 is 0 Å². The van der Waals surface area contributed by atoms with Crippen LogP contribution in [0.4, 0.5) is 0 Å². The molecule has 2 nitrogen and oxygen atoms in total. The minimum atomic E-state index is 0.526. The van der Waals surface area contributed by atoms with E-state index in [0.29, 0.717) is 6.04 Å². The highest BCUT2D eigenvalue weighted by molar-refractivity contribution is 5.99. The second kappa shape index (κ2) is 3.08. The van der Waals surface area contributed by atoms with Crippen molar-refractivity contribution in [2.75, 3.05) is 0 Å². The summed E-state index contributed by atoms with van der Waals surface area (Å²) in [6.07, 6.45) is 0. The fourth-order valence-corrected chi connectivity index (χ4v) is 2.29. The van der Waals surface area contributed by atoms with E-state index in [1.165, 1.54) is 0 Å². The number of benzene rings is 2. The fourth-order valence-electron chi connectivity index (χ4n) is 2.29. The summed E-state index contributed by atoms with van der Waals surface area (Å²) in [7, 11) is 0. The van der Waals surface area contributed by atoms with Crippen molar-refractivity contribution in [3.63, 3.8) is 0 Å². The molecule has 0 radical (unpaired) electrons. The van der Waals surface area contributed by atoms with Crippen LogP contribution in [-0.2, 0) is 0 Å². The van der Waals surface area contributed by atoms with Crippen molar-refractivity contribution in [1.29, 1.82) is 0 Å². The van der Waals surface area contributed by atoms with Crippen molar-refractivity contribution in [1.82, 2.24) is 9.97 Å². The van der Waals surface area contributed by atoms with Crippen LogP contribution in [0.3, 0.4) is 0 Å². The van der Waals surface area contributed by atoms with Gasteiger partial charge in [0.15, 0.2) is 0 Å². The van der Waals surface area contributed by atoms with E-state index in [0.717, 1.165) is 33.2 Å². The number of nitrogens with one attached hydrogen (secondary N) is 1. The maximum absolute atomic E-state index is 7.93. The molecule has 0 saturated heterocycles. The minimum absolute atomic E-state index is 0.526. The van der Waals surface area contributed by atoms with Gasteiger partial charge < -0.3 is 4.98 Å². The summed E-state index contributed by atoms with van der Waals surface area (Å²) in [5.41, 5.74) is 3.94. The molecule has 80 valence electrons. The third-order valence-electron chi connectivity index (χ3n) is 3.10. The molecule has 0 unspecified atom stereocenters. The molecular weight excluding hydrogens is 208 g/mol. The van der Waals surface area contributed by atoms with Crippen LogP contribution in [0.15, 0.2) is 54.6 Å². The number of para-hydroxylation sites is 2. The molecule has 2 heterocycles. The lowest BCUT2D eigenvalue weighted by Crippen LogP contribution is -1.84. The third kappa shape index (κ3) is 1.18. The Morgan fingerprint density at radius 2 is 1.94 bits per heavy atom. The Balaban J connectivity index is 2.24. The van der Waals surface area contributed by atoms with Crippen LogP contribution in [0.1, 0.15) is 1.37 Å². The number of aromatic nitrogens is 2. The first kappa shape index (κ1) is 7.85. The van der Waals surface area contributed by atoms with Gasteiger partial charge in [-0.15, -0.1) is 0 Å². The van der Waals surface area contributed by atoms with Crippen molar-refractivity contribution in [2.45, 2.75) is 0 Å². The van der Waals surface area contributed by atoms with Gasteiger partial charge in [0.2, 0.25) is 0 Å². The largest absolute Gasteiger partial charge is 0.353 e. The van der Waals surface area contributed by atoms with E-state index in [9.17, 15) is 0 Å². The summed E-state index contributed by atoms with van der Waals surface area (Å²) in [5.74, 6) is 0. The van der Waals surface area contributed by atoms with Gasteiger partial charge in [0.25, 0.3) is 0 Å². The van der Waals surface area contributed by atoms with Crippen LogP contribution >= 0.6 is 0 Å². The van der Waals surface area contributed by atoms with E-state index in [-0.39, 0.29) is 0 Å². The SMILES string of the molecule is [2H]c1cccc2[nH]c3c4ccccc4nc-3cc12. The molecule has 2 aromatic rings. The third-order valence-corrected chi connectivity index (χ3v) is 3.10. The summed E-state index contributed by atoms with van der Waals surface area (Å²) in [6, 6.07) is 16.3. The molecule has 0 fully saturated rings. The molecular formula is C15H10N2. The molecule has 2 heteroatoms. The first-order valence-corrected chi connectivity index (χ1v) is 5.60. The molecule has 4 rings (SSSR count). The van der Waals surface area contributed by atoms with Gasteiger partial charge in [-0.25, -0.2) is 4.98 Å². The molecule has 1 N–H and O–H groups in total. The maximum Gasteiger partial charge on any atom is 0.0885 e. The summed E-state index contributed by atoms with van der Waals surface area (Å²) < 4.78 is 7.93. The number of hydrogen-bond acceptors (Lipinski definition) is 1. The summed E-state index contributed by atoms with van der Waals surface area (Å²) in [4.78, 5) is 7.98. The van der Waals surface area contributed by atoms with Crippen LogP contribution in [0.5, 0.6) is 0 Å². The zero-order chi connectivity index (χ0) is 12.1. The van der Waals surface area contributed by atoms with E-state index in [4.69, 9.17) is 1.37 Å². The van der Waals surface area contributed by atoms with Crippen molar-refractivity contribution < 1.29 is 1.37 Å². The zero-order valence-electron chi connectivity index (χ0n) is 10.1. The highest BCUT2D eigenvalue weighted by Crippen LogP contribution is 2.31. The number of pyridine rings is 1.